The topological polar surface area (TPSA) is 32.3 Å². The summed E-state index contributed by atoms with van der Waals surface area (Å²) in [5.74, 6) is 0.236. The maximum Gasteiger partial charge on any atom is 0.244 e. The number of hydrogen-bond donors (Lipinski definition) is 1. The summed E-state index contributed by atoms with van der Waals surface area (Å²) < 4.78 is 0. The Bertz CT molecular complexity index is 486. The maximum absolute atomic E-state index is 12.7. The van der Waals surface area contributed by atoms with Gasteiger partial charge >= 0.3 is 0 Å². The van der Waals surface area contributed by atoms with Gasteiger partial charge in [0.1, 0.15) is 6.17 Å². The summed E-state index contributed by atoms with van der Waals surface area (Å²) in [5, 5.41) is 3.55. The Hall–Kier alpha value is -1.35. The number of benzene rings is 1. The van der Waals surface area contributed by atoms with Gasteiger partial charge in [0.2, 0.25) is 5.91 Å². The van der Waals surface area contributed by atoms with Crippen molar-refractivity contribution in [2.75, 3.05) is 6.54 Å². The SMILES string of the molecule is CCCCN1C(=O)C(C)(CC)NC1c1cccc(C)c1. The molecule has 2 unspecified atom stereocenters. The average molecular weight is 274 g/mol. The van der Waals surface area contributed by atoms with E-state index in [1.807, 2.05) is 11.8 Å². The zero-order valence-corrected chi connectivity index (χ0v) is 13.1. The van der Waals surface area contributed by atoms with Crippen LogP contribution in [-0.4, -0.2) is 22.9 Å². The number of unbranched alkanes of at least 4 members (excludes halogenated alkanes) is 1. The molecule has 0 aliphatic carbocycles. The molecule has 1 N–H and O–H groups in total. The maximum atomic E-state index is 12.7. The van der Waals surface area contributed by atoms with Crippen molar-refractivity contribution in [2.45, 2.75) is 58.7 Å². The molecule has 1 aromatic rings. The van der Waals surface area contributed by atoms with Gasteiger partial charge in [0.25, 0.3) is 0 Å². The number of nitrogens with one attached hydrogen (secondary N) is 1. The van der Waals surface area contributed by atoms with E-state index in [2.05, 4.69) is 50.4 Å². The Kier molecular flexibility index (Phi) is 4.48. The van der Waals surface area contributed by atoms with Gasteiger partial charge in [-0.2, -0.15) is 0 Å². The van der Waals surface area contributed by atoms with E-state index in [-0.39, 0.29) is 12.1 Å². The third kappa shape index (κ3) is 2.73. The smallest absolute Gasteiger partial charge is 0.244 e. The summed E-state index contributed by atoms with van der Waals surface area (Å²) >= 11 is 0. The van der Waals surface area contributed by atoms with Crippen molar-refractivity contribution in [1.29, 1.82) is 0 Å². The van der Waals surface area contributed by atoms with E-state index in [0.29, 0.717) is 0 Å². The van der Waals surface area contributed by atoms with Crippen LogP contribution in [-0.2, 0) is 4.79 Å². The zero-order chi connectivity index (χ0) is 14.8. The van der Waals surface area contributed by atoms with Crippen LogP contribution in [0.25, 0.3) is 0 Å². The molecular formula is C17H26N2O. The van der Waals surface area contributed by atoms with E-state index in [9.17, 15) is 4.79 Å². The number of carbonyl (C=O) groups is 1. The molecule has 0 spiro atoms. The summed E-state index contributed by atoms with van der Waals surface area (Å²) in [4.78, 5) is 14.7. The molecule has 0 saturated carbocycles. The summed E-state index contributed by atoms with van der Waals surface area (Å²) in [5.41, 5.74) is 1.99. The van der Waals surface area contributed by atoms with Crippen LogP contribution in [0.2, 0.25) is 0 Å². The van der Waals surface area contributed by atoms with E-state index >= 15 is 0 Å². The molecule has 1 fully saturated rings. The second kappa shape index (κ2) is 5.96. The van der Waals surface area contributed by atoms with Crippen molar-refractivity contribution in [1.82, 2.24) is 10.2 Å². The Morgan fingerprint density at radius 3 is 2.70 bits per heavy atom. The number of nitrogens with zero attached hydrogens (tertiary/aromatic N) is 1. The van der Waals surface area contributed by atoms with Crippen molar-refractivity contribution in [3.05, 3.63) is 35.4 Å². The van der Waals surface area contributed by atoms with Crippen LogP contribution in [0.1, 0.15) is 57.3 Å². The minimum Gasteiger partial charge on any atom is -0.321 e. The Balaban J connectivity index is 2.31. The lowest BCUT2D eigenvalue weighted by Gasteiger charge is -2.24. The standard InChI is InChI=1S/C17H26N2O/c1-5-7-11-19-15(14-10-8-9-13(3)12-14)18-17(4,6-2)16(19)20/h8-10,12,15,18H,5-7,11H2,1-4H3. The minimum absolute atomic E-state index is 0.0129. The van der Waals surface area contributed by atoms with Crippen LogP contribution < -0.4 is 5.32 Å². The highest BCUT2D eigenvalue weighted by Gasteiger charge is 2.46. The number of carbonyl (C=O) groups excluding carboxylic acids is 1. The van der Waals surface area contributed by atoms with Crippen molar-refractivity contribution in [3.8, 4) is 0 Å². The summed E-state index contributed by atoms with van der Waals surface area (Å²) in [6, 6.07) is 8.44. The molecule has 0 radical (unpaired) electrons. The lowest BCUT2D eigenvalue weighted by Crippen LogP contribution is -2.43. The van der Waals surface area contributed by atoms with Gasteiger partial charge in [-0.3, -0.25) is 10.1 Å². The second-order valence-corrected chi connectivity index (χ2v) is 6.00. The van der Waals surface area contributed by atoms with Gasteiger partial charge in [-0.15, -0.1) is 0 Å². The number of rotatable bonds is 5. The van der Waals surface area contributed by atoms with Crippen LogP contribution in [0.3, 0.4) is 0 Å². The number of aryl methyl sites for hydroxylation is 1. The zero-order valence-electron chi connectivity index (χ0n) is 13.1. The Labute approximate surface area is 122 Å². The minimum atomic E-state index is -0.428. The lowest BCUT2D eigenvalue weighted by atomic mass is 9.99. The molecule has 20 heavy (non-hydrogen) atoms. The van der Waals surface area contributed by atoms with Crippen molar-refractivity contribution >= 4 is 5.91 Å². The van der Waals surface area contributed by atoms with Gasteiger partial charge in [-0.1, -0.05) is 50.1 Å². The normalized spacial score (nSPS) is 26.3. The highest BCUT2D eigenvalue weighted by molar-refractivity contribution is 5.88. The summed E-state index contributed by atoms with van der Waals surface area (Å²) in [6.07, 6.45) is 2.98. The van der Waals surface area contributed by atoms with Crippen LogP contribution in [0.15, 0.2) is 24.3 Å². The van der Waals surface area contributed by atoms with Crippen LogP contribution in [0, 0.1) is 6.92 Å². The molecule has 1 aliphatic rings. The lowest BCUT2D eigenvalue weighted by molar-refractivity contribution is -0.133. The first-order chi connectivity index (χ1) is 9.51. The van der Waals surface area contributed by atoms with E-state index < -0.39 is 5.54 Å². The largest absolute Gasteiger partial charge is 0.321 e. The predicted molar refractivity (Wildman–Crippen MR) is 82.4 cm³/mol. The van der Waals surface area contributed by atoms with Gasteiger partial charge in [0.15, 0.2) is 0 Å². The first-order valence-electron chi connectivity index (χ1n) is 7.67. The van der Waals surface area contributed by atoms with E-state index in [4.69, 9.17) is 0 Å². The van der Waals surface area contributed by atoms with Crippen molar-refractivity contribution in [2.24, 2.45) is 0 Å². The number of hydrogen-bond acceptors (Lipinski definition) is 2. The Morgan fingerprint density at radius 1 is 1.35 bits per heavy atom. The van der Waals surface area contributed by atoms with Gasteiger partial charge < -0.3 is 4.90 Å². The van der Waals surface area contributed by atoms with Gasteiger partial charge in [0.05, 0.1) is 5.54 Å². The molecule has 110 valence electrons. The van der Waals surface area contributed by atoms with Gasteiger partial charge in [0, 0.05) is 6.54 Å². The molecule has 1 heterocycles. The molecule has 3 nitrogen and oxygen atoms in total. The van der Waals surface area contributed by atoms with Crippen LogP contribution in [0.5, 0.6) is 0 Å². The summed E-state index contributed by atoms with van der Waals surface area (Å²) in [6.45, 7) is 9.17. The fraction of sp³-hybridized carbons (Fsp3) is 0.588. The molecular weight excluding hydrogens is 248 g/mol. The fourth-order valence-corrected chi connectivity index (χ4v) is 2.79. The predicted octanol–water partition coefficient (Wildman–Crippen LogP) is 3.39. The van der Waals surface area contributed by atoms with Crippen molar-refractivity contribution < 1.29 is 4.79 Å². The third-order valence-corrected chi connectivity index (χ3v) is 4.32. The van der Waals surface area contributed by atoms with E-state index in [1.54, 1.807) is 0 Å². The molecule has 0 aromatic heterocycles. The summed E-state index contributed by atoms with van der Waals surface area (Å²) in [7, 11) is 0. The van der Waals surface area contributed by atoms with Gasteiger partial charge in [-0.05, 0) is 32.3 Å². The number of amides is 1. The van der Waals surface area contributed by atoms with Crippen LogP contribution in [0.4, 0.5) is 0 Å². The average Bonchev–Trinajstić information content (AvgIpc) is 2.70. The first kappa shape index (κ1) is 15.0. The highest BCUT2D eigenvalue weighted by atomic mass is 16.2. The molecule has 2 atom stereocenters. The van der Waals surface area contributed by atoms with E-state index in [0.717, 1.165) is 25.8 Å². The van der Waals surface area contributed by atoms with E-state index in [1.165, 1.54) is 11.1 Å². The van der Waals surface area contributed by atoms with Crippen molar-refractivity contribution in [3.63, 3.8) is 0 Å². The molecule has 1 amide bonds. The van der Waals surface area contributed by atoms with Gasteiger partial charge in [-0.25, -0.2) is 0 Å². The highest BCUT2D eigenvalue weighted by Crippen LogP contribution is 2.33. The Morgan fingerprint density at radius 2 is 2.10 bits per heavy atom. The van der Waals surface area contributed by atoms with Crippen LogP contribution >= 0.6 is 0 Å². The molecule has 1 saturated heterocycles. The molecule has 2 rings (SSSR count). The first-order valence-corrected chi connectivity index (χ1v) is 7.67. The molecule has 0 bridgehead atoms. The molecule has 1 aromatic carbocycles. The monoisotopic (exact) mass is 274 g/mol. The fourth-order valence-electron chi connectivity index (χ4n) is 2.79. The molecule has 3 heteroatoms. The quantitative estimate of drug-likeness (QED) is 0.892. The third-order valence-electron chi connectivity index (χ3n) is 4.32. The second-order valence-electron chi connectivity index (χ2n) is 6.00. The molecule has 1 aliphatic heterocycles.